The Morgan fingerprint density at radius 1 is 1.00 bits per heavy atom. The van der Waals surface area contributed by atoms with E-state index in [2.05, 4.69) is 0 Å². The van der Waals surface area contributed by atoms with Crippen molar-refractivity contribution < 1.29 is 19.0 Å². The highest BCUT2D eigenvalue weighted by molar-refractivity contribution is 5.76. The number of ether oxygens (including phenoxy) is 3. The van der Waals surface area contributed by atoms with Gasteiger partial charge in [-0.15, -0.1) is 0 Å². The summed E-state index contributed by atoms with van der Waals surface area (Å²) in [5.41, 5.74) is 1.49. The van der Waals surface area contributed by atoms with Crippen LogP contribution in [-0.4, -0.2) is 19.7 Å². The first-order valence-corrected chi connectivity index (χ1v) is 8.47. The van der Waals surface area contributed by atoms with Crippen molar-refractivity contribution >= 4 is 5.97 Å². The summed E-state index contributed by atoms with van der Waals surface area (Å²) < 4.78 is 16.5. The van der Waals surface area contributed by atoms with Gasteiger partial charge in [-0.25, -0.2) is 0 Å². The molecule has 0 spiro atoms. The standard InChI is InChI=1S/C21H26O4/c1-5-24-20(22)21(2,3)14-17-11-12-18(23-4)19(13-17)25-15-16-9-7-6-8-10-16/h6-13H,5,14-15H2,1-4H3. The summed E-state index contributed by atoms with van der Waals surface area (Å²) in [4.78, 5) is 12.1. The average Bonchev–Trinajstić information content (AvgIpc) is 2.61. The van der Waals surface area contributed by atoms with E-state index in [-0.39, 0.29) is 5.97 Å². The number of methoxy groups -OCH3 is 1. The molecule has 2 rings (SSSR count). The summed E-state index contributed by atoms with van der Waals surface area (Å²) in [6.45, 7) is 6.44. The first-order valence-electron chi connectivity index (χ1n) is 8.47. The highest BCUT2D eigenvalue weighted by Crippen LogP contribution is 2.32. The van der Waals surface area contributed by atoms with Crippen molar-refractivity contribution in [2.45, 2.75) is 33.8 Å². The van der Waals surface area contributed by atoms with E-state index in [4.69, 9.17) is 14.2 Å². The molecule has 0 heterocycles. The van der Waals surface area contributed by atoms with E-state index in [9.17, 15) is 4.79 Å². The van der Waals surface area contributed by atoms with Crippen LogP contribution in [0.2, 0.25) is 0 Å². The maximum Gasteiger partial charge on any atom is 0.311 e. The minimum atomic E-state index is -0.596. The molecule has 2 aromatic carbocycles. The minimum absolute atomic E-state index is 0.197. The summed E-state index contributed by atoms with van der Waals surface area (Å²) in [6, 6.07) is 15.7. The molecule has 0 aromatic heterocycles. The van der Waals surface area contributed by atoms with Gasteiger partial charge in [0.1, 0.15) is 6.61 Å². The van der Waals surface area contributed by atoms with Crippen molar-refractivity contribution in [3.05, 3.63) is 59.7 Å². The highest BCUT2D eigenvalue weighted by Gasteiger charge is 2.29. The summed E-state index contributed by atoms with van der Waals surface area (Å²) in [5, 5.41) is 0. The van der Waals surface area contributed by atoms with E-state index in [1.165, 1.54) is 0 Å². The molecule has 0 aliphatic heterocycles. The van der Waals surface area contributed by atoms with Crippen LogP contribution in [0.3, 0.4) is 0 Å². The van der Waals surface area contributed by atoms with Crippen molar-refractivity contribution in [2.75, 3.05) is 13.7 Å². The van der Waals surface area contributed by atoms with Gasteiger partial charge in [-0.2, -0.15) is 0 Å². The van der Waals surface area contributed by atoms with Gasteiger partial charge in [-0.05, 0) is 50.5 Å². The molecule has 0 fully saturated rings. The third-order valence-corrected chi connectivity index (χ3v) is 3.94. The molecule has 0 radical (unpaired) electrons. The van der Waals surface area contributed by atoms with Crippen molar-refractivity contribution in [2.24, 2.45) is 5.41 Å². The van der Waals surface area contributed by atoms with Gasteiger partial charge in [0.2, 0.25) is 0 Å². The minimum Gasteiger partial charge on any atom is -0.493 e. The fraction of sp³-hybridized carbons (Fsp3) is 0.381. The topological polar surface area (TPSA) is 44.8 Å². The molecule has 0 bridgehead atoms. The zero-order valence-corrected chi connectivity index (χ0v) is 15.4. The first-order chi connectivity index (χ1) is 12.0. The predicted molar refractivity (Wildman–Crippen MR) is 97.9 cm³/mol. The van der Waals surface area contributed by atoms with Gasteiger partial charge in [-0.3, -0.25) is 4.79 Å². The van der Waals surface area contributed by atoms with Gasteiger partial charge in [0, 0.05) is 0 Å². The Bertz CT molecular complexity index is 692. The first kappa shape index (κ1) is 18.8. The number of hydrogen-bond acceptors (Lipinski definition) is 4. The lowest BCUT2D eigenvalue weighted by Crippen LogP contribution is -2.29. The van der Waals surface area contributed by atoms with Crippen LogP contribution in [0.1, 0.15) is 31.9 Å². The molecule has 4 nitrogen and oxygen atoms in total. The molecule has 0 atom stereocenters. The number of esters is 1. The zero-order chi connectivity index (χ0) is 18.3. The normalized spacial score (nSPS) is 11.0. The Labute approximate surface area is 149 Å². The van der Waals surface area contributed by atoms with Crippen molar-refractivity contribution in [3.8, 4) is 11.5 Å². The van der Waals surface area contributed by atoms with E-state index < -0.39 is 5.41 Å². The second kappa shape index (κ2) is 8.56. The van der Waals surface area contributed by atoms with E-state index >= 15 is 0 Å². The molecule has 25 heavy (non-hydrogen) atoms. The Balaban J connectivity index is 2.14. The molecule has 0 aliphatic rings. The highest BCUT2D eigenvalue weighted by atomic mass is 16.5. The molecule has 2 aromatic rings. The summed E-state index contributed by atoms with van der Waals surface area (Å²) in [6.07, 6.45) is 0.567. The third kappa shape index (κ3) is 5.24. The predicted octanol–water partition coefficient (Wildman–Crippen LogP) is 4.41. The second-order valence-corrected chi connectivity index (χ2v) is 6.54. The zero-order valence-electron chi connectivity index (χ0n) is 15.4. The molecule has 0 amide bonds. The fourth-order valence-corrected chi connectivity index (χ4v) is 2.59. The van der Waals surface area contributed by atoms with Gasteiger partial charge in [0.05, 0.1) is 19.1 Å². The molecule has 0 unspecified atom stereocenters. The van der Waals surface area contributed by atoms with Gasteiger partial charge in [0.15, 0.2) is 11.5 Å². The van der Waals surface area contributed by atoms with Gasteiger partial charge in [0.25, 0.3) is 0 Å². The summed E-state index contributed by atoms with van der Waals surface area (Å²) >= 11 is 0. The lowest BCUT2D eigenvalue weighted by Gasteiger charge is -2.23. The maximum atomic E-state index is 12.1. The largest absolute Gasteiger partial charge is 0.493 e. The van der Waals surface area contributed by atoms with Gasteiger partial charge >= 0.3 is 5.97 Å². The second-order valence-electron chi connectivity index (χ2n) is 6.54. The lowest BCUT2D eigenvalue weighted by atomic mass is 9.86. The smallest absolute Gasteiger partial charge is 0.311 e. The molecule has 0 saturated heterocycles. The molecular weight excluding hydrogens is 316 g/mol. The molecule has 134 valence electrons. The quantitative estimate of drug-likeness (QED) is 0.667. The number of carbonyl (C=O) groups excluding carboxylic acids is 1. The summed E-state index contributed by atoms with van der Waals surface area (Å²) in [5.74, 6) is 1.15. The molecule has 0 aliphatic carbocycles. The van der Waals surface area contributed by atoms with E-state index in [1.54, 1.807) is 7.11 Å². The Morgan fingerprint density at radius 2 is 1.72 bits per heavy atom. The van der Waals surface area contributed by atoms with Crippen molar-refractivity contribution in [3.63, 3.8) is 0 Å². The van der Waals surface area contributed by atoms with Crippen LogP contribution >= 0.6 is 0 Å². The number of hydrogen-bond donors (Lipinski definition) is 0. The van der Waals surface area contributed by atoms with Crippen LogP contribution in [0, 0.1) is 5.41 Å². The monoisotopic (exact) mass is 342 g/mol. The Morgan fingerprint density at radius 3 is 2.36 bits per heavy atom. The Hall–Kier alpha value is -2.49. The van der Waals surface area contributed by atoms with Crippen LogP contribution in [-0.2, 0) is 22.6 Å². The van der Waals surface area contributed by atoms with Crippen LogP contribution in [0.15, 0.2) is 48.5 Å². The fourth-order valence-electron chi connectivity index (χ4n) is 2.59. The lowest BCUT2D eigenvalue weighted by molar-refractivity contribution is -0.153. The average molecular weight is 342 g/mol. The number of benzene rings is 2. The van der Waals surface area contributed by atoms with Crippen molar-refractivity contribution in [1.29, 1.82) is 0 Å². The molecule has 0 N–H and O–H groups in total. The van der Waals surface area contributed by atoms with E-state index in [0.29, 0.717) is 31.1 Å². The number of rotatable bonds is 8. The molecular formula is C21H26O4. The van der Waals surface area contributed by atoms with Gasteiger partial charge in [-0.1, -0.05) is 36.4 Å². The summed E-state index contributed by atoms with van der Waals surface area (Å²) in [7, 11) is 1.62. The van der Waals surface area contributed by atoms with Crippen LogP contribution in [0.5, 0.6) is 11.5 Å². The molecule has 4 heteroatoms. The van der Waals surface area contributed by atoms with Crippen LogP contribution in [0.4, 0.5) is 0 Å². The van der Waals surface area contributed by atoms with Crippen LogP contribution in [0.25, 0.3) is 0 Å². The molecule has 0 saturated carbocycles. The van der Waals surface area contributed by atoms with Crippen LogP contribution < -0.4 is 9.47 Å². The van der Waals surface area contributed by atoms with Crippen molar-refractivity contribution in [1.82, 2.24) is 0 Å². The third-order valence-electron chi connectivity index (χ3n) is 3.94. The Kier molecular flexibility index (Phi) is 6.45. The maximum absolute atomic E-state index is 12.1. The van der Waals surface area contributed by atoms with Gasteiger partial charge < -0.3 is 14.2 Å². The van der Waals surface area contributed by atoms with E-state index in [1.807, 2.05) is 69.3 Å². The van der Waals surface area contributed by atoms with E-state index in [0.717, 1.165) is 11.1 Å². The SMILES string of the molecule is CCOC(=O)C(C)(C)Cc1ccc(OC)c(OCc2ccccc2)c1. The number of carbonyl (C=O) groups is 1.